The third-order valence-electron chi connectivity index (χ3n) is 4.27. The van der Waals surface area contributed by atoms with Gasteiger partial charge in [0.05, 0.1) is 7.11 Å². The van der Waals surface area contributed by atoms with E-state index >= 15 is 0 Å². The van der Waals surface area contributed by atoms with Crippen molar-refractivity contribution in [2.45, 2.75) is 0 Å². The Bertz CT molecular complexity index is 687. The normalized spacial score (nSPS) is 14.9. The molecule has 3 rings (SSSR count). The number of benzene rings is 2. The van der Waals surface area contributed by atoms with Gasteiger partial charge in [-0.1, -0.05) is 24.3 Å². The Balaban J connectivity index is 0.00000208. The Morgan fingerprint density at radius 2 is 1.88 bits per heavy atom. The van der Waals surface area contributed by atoms with E-state index in [4.69, 9.17) is 4.74 Å². The summed E-state index contributed by atoms with van der Waals surface area (Å²) < 4.78 is 5.38. The average Bonchev–Trinajstić information content (AvgIpc) is 2.61. The predicted molar refractivity (Wildman–Crippen MR) is 99.4 cm³/mol. The molecule has 0 aliphatic carbocycles. The van der Waals surface area contributed by atoms with Gasteiger partial charge in [-0.25, -0.2) is 0 Å². The number of nitrogens with one attached hydrogen (secondary N) is 2. The van der Waals surface area contributed by atoms with Gasteiger partial charge in [-0.15, -0.1) is 12.4 Å². The van der Waals surface area contributed by atoms with Gasteiger partial charge in [0.15, 0.2) is 0 Å². The number of ether oxygens (including phenoxy) is 1. The van der Waals surface area contributed by atoms with Crippen molar-refractivity contribution >= 4 is 29.1 Å². The third-order valence-corrected chi connectivity index (χ3v) is 4.27. The summed E-state index contributed by atoms with van der Waals surface area (Å²) in [6.45, 7) is 5.69. The number of nitrogens with zero attached hydrogens (tertiary/aromatic N) is 1. The Morgan fingerprint density at radius 3 is 2.58 bits per heavy atom. The smallest absolute Gasteiger partial charge is 0.251 e. The summed E-state index contributed by atoms with van der Waals surface area (Å²) in [6.07, 6.45) is 0. The van der Waals surface area contributed by atoms with Crippen LogP contribution < -0.4 is 15.4 Å². The number of fused-ring (bicyclic) bond motifs is 1. The number of halogens is 1. The number of carbonyl (C=O) groups is 1. The molecule has 1 aliphatic rings. The second kappa shape index (κ2) is 8.87. The second-order valence-corrected chi connectivity index (χ2v) is 5.71. The summed E-state index contributed by atoms with van der Waals surface area (Å²) in [4.78, 5) is 14.9. The summed E-state index contributed by atoms with van der Waals surface area (Å²) >= 11 is 0. The van der Waals surface area contributed by atoms with Crippen molar-refractivity contribution in [1.82, 2.24) is 15.5 Å². The van der Waals surface area contributed by atoms with E-state index in [1.54, 1.807) is 7.11 Å². The van der Waals surface area contributed by atoms with Gasteiger partial charge in [-0.2, -0.15) is 0 Å². The fourth-order valence-corrected chi connectivity index (χ4v) is 3.00. The van der Waals surface area contributed by atoms with Crippen molar-refractivity contribution in [3.05, 3.63) is 42.0 Å². The minimum atomic E-state index is -0.0287. The Morgan fingerprint density at radius 1 is 1.17 bits per heavy atom. The third kappa shape index (κ3) is 4.17. The monoisotopic (exact) mass is 349 g/mol. The highest BCUT2D eigenvalue weighted by Gasteiger charge is 2.13. The van der Waals surface area contributed by atoms with Crippen LogP contribution in [0.15, 0.2) is 36.4 Å². The number of piperazine rings is 1. The molecule has 0 radical (unpaired) electrons. The molecule has 1 saturated heterocycles. The predicted octanol–water partition coefficient (Wildman–Crippen LogP) is 1.91. The Hall–Kier alpha value is -1.82. The van der Waals surface area contributed by atoms with E-state index in [1.807, 2.05) is 36.4 Å². The van der Waals surface area contributed by atoms with Gasteiger partial charge >= 0.3 is 0 Å². The molecule has 2 aromatic carbocycles. The summed E-state index contributed by atoms with van der Waals surface area (Å²) in [5.74, 6) is 0.761. The van der Waals surface area contributed by atoms with E-state index in [9.17, 15) is 4.79 Å². The first kappa shape index (κ1) is 18.5. The molecule has 2 aromatic rings. The quantitative estimate of drug-likeness (QED) is 0.865. The number of amides is 1. The van der Waals surface area contributed by atoms with Crippen LogP contribution in [0.25, 0.3) is 10.8 Å². The summed E-state index contributed by atoms with van der Waals surface area (Å²) in [5, 5.41) is 8.25. The Labute approximate surface area is 148 Å². The van der Waals surface area contributed by atoms with Crippen LogP contribution in [0.4, 0.5) is 0 Å². The molecule has 24 heavy (non-hydrogen) atoms. The molecule has 0 aromatic heterocycles. The molecule has 0 saturated carbocycles. The van der Waals surface area contributed by atoms with Gasteiger partial charge in [0.2, 0.25) is 0 Å². The molecule has 6 heteroatoms. The van der Waals surface area contributed by atoms with Crippen LogP contribution in [0.2, 0.25) is 0 Å². The van der Waals surface area contributed by atoms with E-state index in [1.165, 1.54) is 0 Å². The lowest BCUT2D eigenvalue weighted by atomic mass is 10.0. The zero-order chi connectivity index (χ0) is 16.1. The molecule has 1 fully saturated rings. The van der Waals surface area contributed by atoms with E-state index < -0.39 is 0 Å². The molecule has 0 spiro atoms. The first-order valence-electron chi connectivity index (χ1n) is 8.06. The van der Waals surface area contributed by atoms with Crippen molar-refractivity contribution in [1.29, 1.82) is 0 Å². The van der Waals surface area contributed by atoms with Crippen LogP contribution in [0, 0.1) is 0 Å². The van der Waals surface area contributed by atoms with Crippen LogP contribution in [-0.4, -0.2) is 57.2 Å². The van der Waals surface area contributed by atoms with E-state index in [2.05, 4.69) is 15.5 Å². The number of methoxy groups -OCH3 is 1. The molecule has 130 valence electrons. The summed E-state index contributed by atoms with van der Waals surface area (Å²) in [6, 6.07) is 11.5. The lowest BCUT2D eigenvalue weighted by Crippen LogP contribution is -2.46. The van der Waals surface area contributed by atoms with Gasteiger partial charge < -0.3 is 15.4 Å². The average molecular weight is 350 g/mol. The van der Waals surface area contributed by atoms with E-state index in [0.717, 1.165) is 49.2 Å². The van der Waals surface area contributed by atoms with Crippen molar-refractivity contribution in [3.8, 4) is 5.75 Å². The Kier molecular flexibility index (Phi) is 6.85. The maximum absolute atomic E-state index is 12.5. The van der Waals surface area contributed by atoms with Crippen molar-refractivity contribution in [3.63, 3.8) is 0 Å². The fraction of sp³-hybridized carbons (Fsp3) is 0.389. The molecule has 2 N–H and O–H groups in total. The highest BCUT2D eigenvalue weighted by molar-refractivity contribution is 6.08. The lowest BCUT2D eigenvalue weighted by molar-refractivity contribution is 0.0949. The van der Waals surface area contributed by atoms with E-state index in [0.29, 0.717) is 12.1 Å². The van der Waals surface area contributed by atoms with E-state index in [-0.39, 0.29) is 18.3 Å². The highest BCUT2D eigenvalue weighted by Crippen LogP contribution is 2.28. The minimum Gasteiger partial charge on any atom is -0.496 e. The largest absolute Gasteiger partial charge is 0.496 e. The zero-order valence-electron chi connectivity index (χ0n) is 13.9. The number of rotatable bonds is 5. The van der Waals surface area contributed by atoms with Crippen LogP contribution >= 0.6 is 12.4 Å². The molecule has 5 nitrogen and oxygen atoms in total. The van der Waals surface area contributed by atoms with Crippen LogP contribution in [0.3, 0.4) is 0 Å². The van der Waals surface area contributed by atoms with Crippen LogP contribution in [0.5, 0.6) is 5.75 Å². The van der Waals surface area contributed by atoms with Crippen molar-refractivity contribution < 1.29 is 9.53 Å². The maximum atomic E-state index is 12.5. The summed E-state index contributed by atoms with van der Waals surface area (Å²) in [5.41, 5.74) is 0.696. The highest BCUT2D eigenvalue weighted by atomic mass is 35.5. The molecular weight excluding hydrogens is 326 g/mol. The van der Waals surface area contributed by atoms with Crippen molar-refractivity contribution in [2.75, 3.05) is 46.4 Å². The van der Waals surface area contributed by atoms with Crippen LogP contribution in [-0.2, 0) is 0 Å². The van der Waals surface area contributed by atoms with Gasteiger partial charge in [-0.05, 0) is 17.5 Å². The molecule has 0 atom stereocenters. The number of carbonyl (C=O) groups excluding carboxylic acids is 1. The molecule has 1 aliphatic heterocycles. The molecule has 1 amide bonds. The molecular formula is C18H24ClN3O2. The second-order valence-electron chi connectivity index (χ2n) is 5.71. The van der Waals surface area contributed by atoms with Crippen LogP contribution in [0.1, 0.15) is 10.4 Å². The fourth-order valence-electron chi connectivity index (χ4n) is 3.00. The topological polar surface area (TPSA) is 53.6 Å². The maximum Gasteiger partial charge on any atom is 0.251 e. The number of hydrogen-bond donors (Lipinski definition) is 2. The minimum absolute atomic E-state index is 0. The van der Waals surface area contributed by atoms with Gasteiger partial charge in [0.25, 0.3) is 5.91 Å². The van der Waals surface area contributed by atoms with Gasteiger partial charge in [0.1, 0.15) is 5.75 Å². The lowest BCUT2D eigenvalue weighted by Gasteiger charge is -2.27. The van der Waals surface area contributed by atoms with Gasteiger partial charge in [-0.3, -0.25) is 9.69 Å². The summed E-state index contributed by atoms with van der Waals surface area (Å²) in [7, 11) is 1.65. The number of hydrogen-bond acceptors (Lipinski definition) is 4. The van der Waals surface area contributed by atoms with Gasteiger partial charge in [0, 0.05) is 50.2 Å². The van der Waals surface area contributed by atoms with Crippen molar-refractivity contribution in [2.24, 2.45) is 0 Å². The molecule has 1 heterocycles. The first-order chi connectivity index (χ1) is 11.3. The molecule has 0 unspecified atom stereocenters. The zero-order valence-corrected chi connectivity index (χ0v) is 14.7. The SMILES string of the molecule is COc1ccc(C(=O)NCCN2CCNCC2)c2ccccc12.Cl. The molecule has 0 bridgehead atoms. The first-order valence-corrected chi connectivity index (χ1v) is 8.06. The standard InChI is InChI=1S/C18H23N3O2.ClH/c1-23-17-7-6-16(14-4-2-3-5-15(14)17)18(22)20-10-13-21-11-8-19-9-12-21;/h2-7,19H,8-13H2,1H3,(H,20,22);1H.